The van der Waals surface area contributed by atoms with Crippen LogP contribution in [-0.2, 0) is 19.8 Å². The minimum absolute atomic E-state index is 0.107. The van der Waals surface area contributed by atoms with Gasteiger partial charge < -0.3 is 19.1 Å². The molecule has 0 saturated carbocycles. The molecule has 0 aliphatic rings. The van der Waals surface area contributed by atoms with E-state index in [2.05, 4.69) is 10.2 Å². The number of amides is 1. The van der Waals surface area contributed by atoms with Crippen molar-refractivity contribution in [3.63, 3.8) is 0 Å². The Bertz CT molecular complexity index is 988. The second-order valence-corrected chi connectivity index (χ2v) is 6.74. The summed E-state index contributed by atoms with van der Waals surface area (Å²) < 4.78 is 19.9. The van der Waals surface area contributed by atoms with E-state index in [1.54, 1.807) is 61.4 Å². The lowest BCUT2D eigenvalue weighted by atomic mass is 10.2. The van der Waals surface area contributed by atoms with Gasteiger partial charge in [0.25, 0.3) is 5.91 Å². The molecule has 1 amide bonds. The maximum absolute atomic E-state index is 12.8. The molecule has 0 radical (unpaired) electrons. The van der Waals surface area contributed by atoms with Crippen LogP contribution in [0.1, 0.15) is 28.7 Å². The Hall–Kier alpha value is -3.49. The third-order valence-electron chi connectivity index (χ3n) is 4.84. The number of benzene rings is 1. The zero-order valence-electron chi connectivity index (χ0n) is 18.0. The monoisotopic (exact) mass is 413 g/mol. The second-order valence-electron chi connectivity index (χ2n) is 6.74. The maximum Gasteiger partial charge on any atom is 0.274 e. The van der Waals surface area contributed by atoms with E-state index in [4.69, 9.17) is 14.2 Å². The molecule has 2 aromatic heterocycles. The molecule has 0 N–H and O–H groups in total. The summed E-state index contributed by atoms with van der Waals surface area (Å²) in [5.74, 6) is 1.42. The number of hydrogen-bond acceptors (Lipinski definition) is 6. The van der Waals surface area contributed by atoms with E-state index < -0.39 is 0 Å². The van der Waals surface area contributed by atoms with Gasteiger partial charge in [0.2, 0.25) is 5.75 Å². The van der Waals surface area contributed by atoms with Crippen LogP contribution in [0.15, 0.2) is 36.7 Å². The van der Waals surface area contributed by atoms with Gasteiger partial charge in [-0.05, 0) is 32.0 Å². The van der Waals surface area contributed by atoms with E-state index in [0.717, 1.165) is 17.8 Å². The smallest absolute Gasteiger partial charge is 0.274 e. The van der Waals surface area contributed by atoms with Crippen molar-refractivity contribution in [1.29, 1.82) is 0 Å². The minimum atomic E-state index is -0.174. The van der Waals surface area contributed by atoms with Gasteiger partial charge in [-0.2, -0.15) is 10.2 Å². The summed E-state index contributed by atoms with van der Waals surface area (Å²) in [5.41, 5.74) is 2.41. The summed E-state index contributed by atoms with van der Waals surface area (Å²) >= 11 is 0. The molecule has 0 unspecified atom stereocenters. The van der Waals surface area contributed by atoms with Gasteiger partial charge in [-0.3, -0.25) is 9.48 Å². The van der Waals surface area contributed by atoms with Crippen molar-refractivity contribution in [3.8, 4) is 17.2 Å². The first-order chi connectivity index (χ1) is 14.5. The lowest BCUT2D eigenvalue weighted by Gasteiger charge is -2.16. The largest absolute Gasteiger partial charge is 0.493 e. The summed E-state index contributed by atoms with van der Waals surface area (Å²) in [6, 6.07) is 7.06. The van der Waals surface area contributed by atoms with Crippen molar-refractivity contribution >= 4 is 5.91 Å². The van der Waals surface area contributed by atoms with Crippen LogP contribution in [0.5, 0.6) is 17.2 Å². The standard InChI is InChI=1S/C21H27N5O4/c1-6-26-15(2)16(12-22-26)13-24(3)21(27)17-10-11-25(23-17)14-30-20-18(28-4)8-7-9-19(20)29-5/h7-12H,6,13-14H2,1-5H3. The van der Waals surface area contributed by atoms with Crippen LogP contribution in [0, 0.1) is 6.92 Å². The normalized spacial score (nSPS) is 10.7. The number of aryl methyl sites for hydroxylation is 1. The third-order valence-corrected chi connectivity index (χ3v) is 4.84. The summed E-state index contributed by atoms with van der Waals surface area (Å²) in [4.78, 5) is 14.4. The zero-order valence-corrected chi connectivity index (χ0v) is 18.0. The van der Waals surface area contributed by atoms with E-state index in [1.165, 1.54) is 0 Å². The Morgan fingerprint density at radius 2 is 1.87 bits per heavy atom. The number of rotatable bonds is 9. The Morgan fingerprint density at radius 3 is 2.47 bits per heavy atom. The summed E-state index contributed by atoms with van der Waals surface area (Å²) in [5, 5.41) is 8.67. The first-order valence-electron chi connectivity index (χ1n) is 9.62. The fourth-order valence-corrected chi connectivity index (χ4v) is 3.12. The highest BCUT2D eigenvalue weighted by Crippen LogP contribution is 2.36. The van der Waals surface area contributed by atoms with Gasteiger partial charge in [0.1, 0.15) is 0 Å². The molecule has 3 aromatic rings. The van der Waals surface area contributed by atoms with Crippen molar-refractivity contribution in [2.45, 2.75) is 33.7 Å². The first-order valence-corrected chi connectivity index (χ1v) is 9.62. The van der Waals surface area contributed by atoms with Gasteiger partial charge in [0, 0.05) is 37.6 Å². The minimum Gasteiger partial charge on any atom is -0.493 e. The number of aromatic nitrogens is 4. The van der Waals surface area contributed by atoms with Gasteiger partial charge >= 0.3 is 0 Å². The fourth-order valence-electron chi connectivity index (χ4n) is 3.12. The van der Waals surface area contributed by atoms with E-state index in [-0.39, 0.29) is 12.6 Å². The van der Waals surface area contributed by atoms with Crippen LogP contribution >= 0.6 is 0 Å². The van der Waals surface area contributed by atoms with Gasteiger partial charge in [-0.25, -0.2) is 4.68 Å². The van der Waals surface area contributed by atoms with Gasteiger partial charge in [-0.1, -0.05) is 6.07 Å². The Labute approximate surface area is 175 Å². The number of methoxy groups -OCH3 is 2. The highest BCUT2D eigenvalue weighted by atomic mass is 16.5. The highest BCUT2D eigenvalue weighted by molar-refractivity contribution is 5.91. The Kier molecular flexibility index (Phi) is 6.61. The van der Waals surface area contributed by atoms with Gasteiger partial charge in [-0.15, -0.1) is 0 Å². The lowest BCUT2D eigenvalue weighted by Crippen LogP contribution is -2.27. The van der Waals surface area contributed by atoms with Crippen LogP contribution in [0.2, 0.25) is 0 Å². The average molecular weight is 413 g/mol. The van der Waals surface area contributed by atoms with Crippen LogP contribution in [-0.4, -0.2) is 51.6 Å². The third kappa shape index (κ3) is 4.40. The molecule has 9 nitrogen and oxygen atoms in total. The lowest BCUT2D eigenvalue weighted by molar-refractivity contribution is 0.0776. The molecule has 0 aliphatic carbocycles. The number of para-hydroxylation sites is 1. The van der Waals surface area contributed by atoms with Gasteiger partial charge in [0.15, 0.2) is 23.9 Å². The SMILES string of the molecule is CCn1ncc(CN(C)C(=O)c2ccn(COc3c(OC)cccc3OC)n2)c1C. The molecule has 160 valence electrons. The average Bonchev–Trinajstić information content (AvgIpc) is 3.38. The fraction of sp³-hybridized carbons (Fsp3) is 0.381. The van der Waals surface area contributed by atoms with Crippen molar-refractivity contribution in [2.24, 2.45) is 0 Å². The molecule has 0 bridgehead atoms. The molecule has 0 spiro atoms. The van der Waals surface area contributed by atoms with Crippen molar-refractivity contribution in [2.75, 3.05) is 21.3 Å². The topological polar surface area (TPSA) is 83.6 Å². The van der Waals surface area contributed by atoms with Crippen LogP contribution in [0.4, 0.5) is 0 Å². The number of nitrogens with zero attached hydrogens (tertiary/aromatic N) is 5. The van der Waals surface area contributed by atoms with E-state index in [0.29, 0.717) is 29.5 Å². The predicted octanol–water partition coefficient (Wildman–Crippen LogP) is 2.73. The summed E-state index contributed by atoms with van der Waals surface area (Å²) in [6.07, 6.45) is 3.50. The number of ether oxygens (including phenoxy) is 3. The molecule has 0 saturated heterocycles. The predicted molar refractivity (Wildman–Crippen MR) is 111 cm³/mol. The summed E-state index contributed by atoms with van der Waals surface area (Å²) in [6.45, 7) is 5.41. The van der Waals surface area contributed by atoms with Crippen LogP contribution < -0.4 is 14.2 Å². The van der Waals surface area contributed by atoms with E-state index >= 15 is 0 Å². The molecule has 3 rings (SSSR count). The summed E-state index contributed by atoms with van der Waals surface area (Å²) in [7, 11) is 4.88. The molecular weight excluding hydrogens is 386 g/mol. The van der Waals surface area contributed by atoms with E-state index in [9.17, 15) is 4.79 Å². The molecule has 0 fully saturated rings. The molecular formula is C21H27N5O4. The Balaban J connectivity index is 1.66. The molecule has 30 heavy (non-hydrogen) atoms. The molecule has 2 heterocycles. The Morgan fingerprint density at radius 1 is 1.17 bits per heavy atom. The molecule has 0 atom stereocenters. The van der Waals surface area contributed by atoms with Crippen molar-refractivity contribution in [1.82, 2.24) is 24.5 Å². The highest BCUT2D eigenvalue weighted by Gasteiger charge is 2.18. The van der Waals surface area contributed by atoms with Crippen LogP contribution in [0.3, 0.4) is 0 Å². The zero-order chi connectivity index (χ0) is 21.7. The molecule has 0 aliphatic heterocycles. The van der Waals surface area contributed by atoms with Crippen LogP contribution in [0.25, 0.3) is 0 Å². The molecule has 9 heteroatoms. The quantitative estimate of drug-likeness (QED) is 0.536. The second kappa shape index (κ2) is 9.34. The van der Waals surface area contributed by atoms with Crippen molar-refractivity contribution in [3.05, 3.63) is 53.6 Å². The number of carbonyl (C=O) groups is 1. The number of carbonyl (C=O) groups excluding carboxylic acids is 1. The number of hydrogen-bond donors (Lipinski definition) is 0. The van der Waals surface area contributed by atoms with Crippen molar-refractivity contribution < 1.29 is 19.0 Å². The first kappa shape index (κ1) is 21.2. The maximum atomic E-state index is 12.8. The van der Waals surface area contributed by atoms with Gasteiger partial charge in [0.05, 0.1) is 20.4 Å². The van der Waals surface area contributed by atoms with E-state index in [1.807, 2.05) is 24.6 Å². The molecule has 1 aromatic carbocycles.